The van der Waals surface area contributed by atoms with Crippen LogP contribution in [-0.4, -0.2) is 29.9 Å². The van der Waals surface area contributed by atoms with Crippen molar-refractivity contribution >= 4 is 5.91 Å². The second kappa shape index (κ2) is 6.79. The maximum Gasteiger partial charge on any atom is 0.254 e. The number of nitrogens with zero attached hydrogens (tertiary/aromatic N) is 1. The topological polar surface area (TPSA) is 46.3 Å². The van der Waals surface area contributed by atoms with Crippen LogP contribution in [0.5, 0.6) is 0 Å². The number of halogens is 2. The summed E-state index contributed by atoms with van der Waals surface area (Å²) in [5, 5.41) is 0. The van der Waals surface area contributed by atoms with Gasteiger partial charge in [0.05, 0.1) is 0 Å². The molecule has 0 heterocycles. The molecule has 0 aliphatic heterocycles. The molecule has 1 aliphatic carbocycles. The van der Waals surface area contributed by atoms with E-state index >= 15 is 0 Å². The maximum absolute atomic E-state index is 13.3. The van der Waals surface area contributed by atoms with Gasteiger partial charge in [-0.15, -0.1) is 0 Å². The molecule has 0 atom stereocenters. The molecule has 1 fully saturated rings. The van der Waals surface area contributed by atoms with E-state index in [4.69, 9.17) is 5.73 Å². The van der Waals surface area contributed by atoms with Crippen LogP contribution in [0.3, 0.4) is 0 Å². The molecule has 110 valence electrons. The Labute approximate surface area is 117 Å². The molecule has 2 N–H and O–H groups in total. The van der Waals surface area contributed by atoms with Gasteiger partial charge in [0.15, 0.2) is 11.6 Å². The number of carbonyl (C=O) groups excluding carboxylic acids is 1. The van der Waals surface area contributed by atoms with Gasteiger partial charge in [0, 0.05) is 18.2 Å². The molecular weight excluding hydrogens is 262 g/mol. The van der Waals surface area contributed by atoms with Crippen LogP contribution in [0.1, 0.15) is 42.5 Å². The van der Waals surface area contributed by atoms with Crippen LogP contribution in [0.25, 0.3) is 0 Å². The average Bonchev–Trinajstić information content (AvgIpc) is 2.96. The highest BCUT2D eigenvalue weighted by Gasteiger charge is 2.27. The van der Waals surface area contributed by atoms with Gasteiger partial charge in [0.1, 0.15) is 0 Å². The first-order valence-electron chi connectivity index (χ1n) is 7.09. The highest BCUT2D eigenvalue weighted by atomic mass is 19.2. The molecule has 5 heteroatoms. The van der Waals surface area contributed by atoms with Gasteiger partial charge in [0.25, 0.3) is 5.91 Å². The number of carbonyl (C=O) groups is 1. The molecule has 20 heavy (non-hydrogen) atoms. The standard InChI is InChI=1S/C15H20F2N2O/c16-13-7-6-11(10-14(13)17)15(20)19(9-3-8-18)12-4-1-2-5-12/h6-7,10,12H,1-5,8-9,18H2. The van der Waals surface area contributed by atoms with E-state index in [1.54, 1.807) is 4.90 Å². The van der Waals surface area contributed by atoms with E-state index in [0.717, 1.165) is 37.8 Å². The Hall–Kier alpha value is -1.49. The van der Waals surface area contributed by atoms with Crippen molar-refractivity contribution in [3.05, 3.63) is 35.4 Å². The van der Waals surface area contributed by atoms with E-state index in [1.807, 2.05) is 0 Å². The minimum atomic E-state index is -0.985. The van der Waals surface area contributed by atoms with Crippen LogP contribution < -0.4 is 5.73 Å². The van der Waals surface area contributed by atoms with Crippen molar-refractivity contribution < 1.29 is 13.6 Å². The molecule has 1 aromatic carbocycles. The molecule has 0 aromatic heterocycles. The summed E-state index contributed by atoms with van der Waals surface area (Å²) in [6.07, 6.45) is 4.87. The third kappa shape index (κ3) is 3.33. The molecular formula is C15H20F2N2O. The van der Waals surface area contributed by atoms with Gasteiger partial charge in [-0.3, -0.25) is 4.79 Å². The quantitative estimate of drug-likeness (QED) is 0.902. The Morgan fingerprint density at radius 2 is 1.95 bits per heavy atom. The molecule has 0 unspecified atom stereocenters. The van der Waals surface area contributed by atoms with Crippen LogP contribution >= 0.6 is 0 Å². The zero-order valence-corrected chi connectivity index (χ0v) is 11.4. The lowest BCUT2D eigenvalue weighted by atomic mass is 10.1. The number of nitrogens with two attached hydrogens (primary N) is 1. The summed E-state index contributed by atoms with van der Waals surface area (Å²) in [4.78, 5) is 14.3. The minimum Gasteiger partial charge on any atom is -0.336 e. The van der Waals surface area contributed by atoms with Crippen LogP contribution in [-0.2, 0) is 0 Å². The van der Waals surface area contributed by atoms with Crippen molar-refractivity contribution in [1.29, 1.82) is 0 Å². The van der Waals surface area contributed by atoms with Gasteiger partial charge >= 0.3 is 0 Å². The molecule has 0 spiro atoms. The molecule has 1 aromatic rings. The number of hydrogen-bond acceptors (Lipinski definition) is 2. The van der Waals surface area contributed by atoms with Crippen molar-refractivity contribution in [3.63, 3.8) is 0 Å². The summed E-state index contributed by atoms with van der Waals surface area (Å²) in [5.41, 5.74) is 5.71. The first kappa shape index (κ1) is 14.9. The van der Waals surface area contributed by atoms with E-state index in [-0.39, 0.29) is 17.5 Å². The van der Waals surface area contributed by atoms with Gasteiger partial charge in [-0.05, 0) is 44.0 Å². The summed E-state index contributed by atoms with van der Waals surface area (Å²) in [6.45, 7) is 1.08. The molecule has 0 radical (unpaired) electrons. The zero-order chi connectivity index (χ0) is 14.5. The van der Waals surface area contributed by atoms with Gasteiger partial charge in [-0.2, -0.15) is 0 Å². The second-order valence-electron chi connectivity index (χ2n) is 5.21. The van der Waals surface area contributed by atoms with Gasteiger partial charge in [-0.1, -0.05) is 12.8 Å². The number of rotatable bonds is 5. The zero-order valence-electron chi connectivity index (χ0n) is 11.4. The molecule has 2 rings (SSSR count). The van der Waals surface area contributed by atoms with Crippen LogP contribution in [0, 0.1) is 11.6 Å². The van der Waals surface area contributed by atoms with Crippen molar-refractivity contribution in [2.24, 2.45) is 5.73 Å². The lowest BCUT2D eigenvalue weighted by Gasteiger charge is -2.29. The first-order valence-corrected chi connectivity index (χ1v) is 7.09. The first-order chi connectivity index (χ1) is 9.63. The number of amides is 1. The average molecular weight is 282 g/mol. The van der Waals surface area contributed by atoms with Gasteiger partial charge < -0.3 is 10.6 Å². The van der Waals surface area contributed by atoms with Gasteiger partial charge in [-0.25, -0.2) is 8.78 Å². The van der Waals surface area contributed by atoms with Crippen molar-refractivity contribution in [2.75, 3.05) is 13.1 Å². The Morgan fingerprint density at radius 1 is 1.25 bits per heavy atom. The molecule has 0 saturated heterocycles. The summed E-state index contributed by atoms with van der Waals surface area (Å²) in [7, 11) is 0. The highest BCUT2D eigenvalue weighted by Crippen LogP contribution is 2.25. The maximum atomic E-state index is 13.3. The third-order valence-electron chi connectivity index (χ3n) is 3.80. The second-order valence-corrected chi connectivity index (χ2v) is 5.21. The fraction of sp³-hybridized carbons (Fsp3) is 0.533. The van der Waals surface area contributed by atoms with Crippen LogP contribution in [0.2, 0.25) is 0 Å². The third-order valence-corrected chi connectivity index (χ3v) is 3.80. The van der Waals surface area contributed by atoms with Crippen LogP contribution in [0.4, 0.5) is 8.78 Å². The minimum absolute atomic E-state index is 0.196. The van der Waals surface area contributed by atoms with E-state index < -0.39 is 11.6 Å². The predicted octanol–water partition coefficient (Wildman–Crippen LogP) is 2.70. The predicted molar refractivity (Wildman–Crippen MR) is 73.3 cm³/mol. The van der Waals surface area contributed by atoms with Crippen LogP contribution in [0.15, 0.2) is 18.2 Å². The van der Waals surface area contributed by atoms with E-state index in [0.29, 0.717) is 19.5 Å². The van der Waals surface area contributed by atoms with E-state index in [2.05, 4.69) is 0 Å². The number of hydrogen-bond donors (Lipinski definition) is 1. The van der Waals surface area contributed by atoms with E-state index in [9.17, 15) is 13.6 Å². The summed E-state index contributed by atoms with van der Waals surface area (Å²) in [6, 6.07) is 3.51. The largest absolute Gasteiger partial charge is 0.336 e. The Bertz CT molecular complexity index is 473. The van der Waals surface area contributed by atoms with Crippen molar-refractivity contribution in [2.45, 2.75) is 38.1 Å². The normalized spacial score (nSPS) is 15.6. The monoisotopic (exact) mass is 282 g/mol. The van der Waals surface area contributed by atoms with Gasteiger partial charge in [0.2, 0.25) is 0 Å². The smallest absolute Gasteiger partial charge is 0.254 e. The lowest BCUT2D eigenvalue weighted by molar-refractivity contribution is 0.0680. The number of benzene rings is 1. The highest BCUT2D eigenvalue weighted by molar-refractivity contribution is 5.94. The molecule has 3 nitrogen and oxygen atoms in total. The Kier molecular flexibility index (Phi) is 5.06. The fourth-order valence-electron chi connectivity index (χ4n) is 2.72. The lowest BCUT2D eigenvalue weighted by Crippen LogP contribution is -2.40. The summed E-state index contributed by atoms with van der Waals surface area (Å²) >= 11 is 0. The molecule has 1 amide bonds. The summed E-state index contributed by atoms with van der Waals surface area (Å²) < 4.78 is 26.2. The molecule has 0 bridgehead atoms. The molecule has 1 saturated carbocycles. The SMILES string of the molecule is NCCCN(C(=O)c1ccc(F)c(F)c1)C1CCCC1. The summed E-state index contributed by atoms with van der Waals surface area (Å²) in [5.74, 6) is -2.15. The Balaban J connectivity index is 2.17. The Morgan fingerprint density at radius 3 is 2.55 bits per heavy atom. The van der Waals surface area contributed by atoms with Crippen molar-refractivity contribution in [3.8, 4) is 0 Å². The fourth-order valence-corrected chi connectivity index (χ4v) is 2.72. The molecule has 1 aliphatic rings. The van der Waals surface area contributed by atoms with E-state index in [1.165, 1.54) is 6.07 Å². The van der Waals surface area contributed by atoms with Crippen molar-refractivity contribution in [1.82, 2.24) is 4.90 Å².